The Morgan fingerprint density at radius 2 is 2.20 bits per heavy atom. The van der Waals surface area contributed by atoms with Crippen LogP contribution in [-0.4, -0.2) is 12.6 Å². The predicted octanol–water partition coefficient (Wildman–Crippen LogP) is 1.97. The van der Waals surface area contributed by atoms with Gasteiger partial charge in [-0.3, -0.25) is 0 Å². The minimum atomic E-state index is -0.572. The molecule has 0 radical (unpaired) electrons. The van der Waals surface area contributed by atoms with E-state index in [2.05, 4.69) is 5.32 Å². The molecular weight excluding hydrogens is 192 g/mol. The molecule has 1 aliphatic rings. The molecule has 2 amide bonds. The lowest BCUT2D eigenvalue weighted by Gasteiger charge is -2.10. The van der Waals surface area contributed by atoms with Crippen LogP contribution in [0.3, 0.4) is 0 Å². The normalized spacial score (nSPS) is 14.7. The molecule has 1 aliphatic carbocycles. The second-order valence-corrected chi connectivity index (χ2v) is 3.74. The molecule has 0 unspecified atom stereocenters. The van der Waals surface area contributed by atoms with E-state index >= 15 is 0 Å². The van der Waals surface area contributed by atoms with Crippen molar-refractivity contribution in [3.05, 3.63) is 24.3 Å². The van der Waals surface area contributed by atoms with Crippen LogP contribution in [0.15, 0.2) is 24.3 Å². The van der Waals surface area contributed by atoms with Gasteiger partial charge in [-0.2, -0.15) is 0 Å². The number of ether oxygens (including phenoxy) is 1. The van der Waals surface area contributed by atoms with Crippen molar-refractivity contribution in [2.24, 2.45) is 11.7 Å². The van der Waals surface area contributed by atoms with Gasteiger partial charge in [0, 0.05) is 0 Å². The van der Waals surface area contributed by atoms with Crippen molar-refractivity contribution in [2.75, 3.05) is 11.9 Å². The van der Waals surface area contributed by atoms with Crippen LogP contribution < -0.4 is 15.8 Å². The number of amides is 2. The van der Waals surface area contributed by atoms with E-state index < -0.39 is 6.03 Å². The smallest absolute Gasteiger partial charge is 0.316 e. The van der Waals surface area contributed by atoms with Gasteiger partial charge in [0.25, 0.3) is 0 Å². The highest BCUT2D eigenvalue weighted by Crippen LogP contribution is 2.31. The molecule has 1 saturated carbocycles. The zero-order valence-electron chi connectivity index (χ0n) is 8.40. The number of rotatable bonds is 4. The lowest BCUT2D eigenvalue weighted by molar-refractivity contribution is 0.259. The summed E-state index contributed by atoms with van der Waals surface area (Å²) in [6, 6.07) is 6.72. The topological polar surface area (TPSA) is 64.4 Å². The Balaban J connectivity index is 2.02. The van der Waals surface area contributed by atoms with Crippen LogP contribution in [-0.2, 0) is 0 Å². The summed E-state index contributed by atoms with van der Waals surface area (Å²) in [6.07, 6.45) is 2.48. The van der Waals surface area contributed by atoms with Gasteiger partial charge in [0.15, 0.2) is 0 Å². The molecule has 80 valence electrons. The van der Waals surface area contributed by atoms with Crippen LogP contribution in [0.25, 0.3) is 0 Å². The largest absolute Gasteiger partial charge is 0.491 e. The molecule has 1 aromatic rings. The second kappa shape index (κ2) is 4.21. The summed E-state index contributed by atoms with van der Waals surface area (Å²) in [5.74, 6) is 1.37. The van der Waals surface area contributed by atoms with E-state index in [1.165, 1.54) is 12.8 Å². The summed E-state index contributed by atoms with van der Waals surface area (Å²) in [4.78, 5) is 10.7. The molecule has 3 N–H and O–H groups in total. The number of carbonyl (C=O) groups excluding carboxylic acids is 1. The average Bonchev–Trinajstić information content (AvgIpc) is 2.99. The van der Waals surface area contributed by atoms with Crippen molar-refractivity contribution in [1.82, 2.24) is 0 Å². The van der Waals surface area contributed by atoms with Gasteiger partial charge < -0.3 is 15.8 Å². The summed E-state index contributed by atoms with van der Waals surface area (Å²) in [6.45, 7) is 0.720. The van der Waals surface area contributed by atoms with Gasteiger partial charge >= 0.3 is 6.03 Å². The molecule has 0 spiro atoms. The van der Waals surface area contributed by atoms with Crippen LogP contribution in [0.4, 0.5) is 10.5 Å². The number of nitrogens with two attached hydrogens (primary N) is 1. The van der Waals surface area contributed by atoms with Crippen molar-refractivity contribution in [2.45, 2.75) is 12.8 Å². The molecule has 1 aromatic carbocycles. The van der Waals surface area contributed by atoms with Crippen LogP contribution in [0.2, 0.25) is 0 Å². The number of carbonyl (C=O) groups is 1. The summed E-state index contributed by atoms with van der Waals surface area (Å²) in [5, 5.41) is 2.53. The SMILES string of the molecule is NC(=O)Nc1ccccc1OCC1CC1. The Kier molecular flexibility index (Phi) is 2.76. The number of para-hydroxylation sites is 2. The van der Waals surface area contributed by atoms with Gasteiger partial charge in [-0.25, -0.2) is 4.79 Å². The fraction of sp³-hybridized carbons (Fsp3) is 0.364. The molecule has 0 saturated heterocycles. The summed E-state index contributed by atoms with van der Waals surface area (Å²) < 4.78 is 5.59. The van der Waals surface area contributed by atoms with Crippen molar-refractivity contribution in [1.29, 1.82) is 0 Å². The highest BCUT2D eigenvalue weighted by Gasteiger charge is 2.22. The third kappa shape index (κ3) is 2.87. The molecule has 0 bridgehead atoms. The Morgan fingerprint density at radius 1 is 1.47 bits per heavy atom. The number of urea groups is 1. The Labute approximate surface area is 88.4 Å². The minimum Gasteiger partial charge on any atom is -0.491 e. The van der Waals surface area contributed by atoms with Crippen molar-refractivity contribution < 1.29 is 9.53 Å². The van der Waals surface area contributed by atoms with Crippen molar-refractivity contribution >= 4 is 11.7 Å². The van der Waals surface area contributed by atoms with Crippen molar-refractivity contribution in [3.8, 4) is 5.75 Å². The van der Waals surface area contributed by atoms with Gasteiger partial charge in [0.1, 0.15) is 5.75 Å². The van der Waals surface area contributed by atoms with E-state index in [9.17, 15) is 4.79 Å². The van der Waals surface area contributed by atoms with Crippen LogP contribution in [0.1, 0.15) is 12.8 Å². The highest BCUT2D eigenvalue weighted by molar-refractivity contribution is 5.89. The average molecular weight is 206 g/mol. The van der Waals surface area contributed by atoms with Crippen LogP contribution in [0, 0.1) is 5.92 Å². The van der Waals surface area contributed by atoms with Gasteiger partial charge in [0.05, 0.1) is 12.3 Å². The molecular formula is C11H14N2O2. The third-order valence-corrected chi connectivity index (χ3v) is 2.32. The molecule has 0 aliphatic heterocycles. The zero-order valence-corrected chi connectivity index (χ0v) is 8.40. The molecule has 0 atom stereocenters. The third-order valence-electron chi connectivity index (χ3n) is 2.32. The molecule has 0 heterocycles. The standard InChI is InChI=1S/C11H14N2O2/c12-11(14)13-9-3-1-2-4-10(9)15-7-8-5-6-8/h1-4,8H,5-7H2,(H3,12,13,14). The van der Waals surface area contributed by atoms with E-state index in [4.69, 9.17) is 10.5 Å². The summed E-state index contributed by atoms with van der Waals surface area (Å²) in [5.41, 5.74) is 5.69. The fourth-order valence-electron chi connectivity index (χ4n) is 1.32. The van der Waals surface area contributed by atoms with Gasteiger partial charge in [-0.1, -0.05) is 12.1 Å². The maximum atomic E-state index is 10.7. The van der Waals surface area contributed by atoms with E-state index in [1.807, 2.05) is 18.2 Å². The first kappa shape index (κ1) is 9.83. The molecule has 1 fully saturated rings. The van der Waals surface area contributed by atoms with Crippen LogP contribution in [0.5, 0.6) is 5.75 Å². The van der Waals surface area contributed by atoms with E-state index in [0.717, 1.165) is 6.61 Å². The monoisotopic (exact) mass is 206 g/mol. The highest BCUT2D eigenvalue weighted by atomic mass is 16.5. The number of anilines is 1. The Bertz CT molecular complexity index is 361. The molecule has 4 heteroatoms. The number of benzene rings is 1. The Morgan fingerprint density at radius 3 is 2.87 bits per heavy atom. The number of hydrogen-bond donors (Lipinski definition) is 2. The maximum Gasteiger partial charge on any atom is 0.316 e. The summed E-state index contributed by atoms with van der Waals surface area (Å²) >= 11 is 0. The van der Waals surface area contributed by atoms with Crippen molar-refractivity contribution in [3.63, 3.8) is 0 Å². The summed E-state index contributed by atoms with van der Waals surface area (Å²) in [7, 11) is 0. The maximum absolute atomic E-state index is 10.7. The first-order chi connectivity index (χ1) is 7.25. The number of hydrogen-bond acceptors (Lipinski definition) is 2. The first-order valence-electron chi connectivity index (χ1n) is 5.04. The Hall–Kier alpha value is -1.71. The molecule has 4 nitrogen and oxygen atoms in total. The molecule has 0 aromatic heterocycles. The second-order valence-electron chi connectivity index (χ2n) is 3.74. The lowest BCUT2D eigenvalue weighted by Crippen LogP contribution is -2.19. The van der Waals surface area contributed by atoms with Gasteiger partial charge in [-0.05, 0) is 30.9 Å². The van der Waals surface area contributed by atoms with E-state index in [1.54, 1.807) is 6.07 Å². The lowest BCUT2D eigenvalue weighted by atomic mass is 10.3. The number of primary amides is 1. The quantitative estimate of drug-likeness (QED) is 0.791. The van der Waals surface area contributed by atoms with Crippen LogP contribution >= 0.6 is 0 Å². The minimum absolute atomic E-state index is 0.572. The van der Waals surface area contributed by atoms with Gasteiger partial charge in [-0.15, -0.1) is 0 Å². The zero-order chi connectivity index (χ0) is 10.7. The predicted molar refractivity (Wildman–Crippen MR) is 57.9 cm³/mol. The first-order valence-corrected chi connectivity index (χ1v) is 5.04. The molecule has 15 heavy (non-hydrogen) atoms. The molecule has 2 rings (SSSR count). The van der Waals surface area contributed by atoms with E-state index in [0.29, 0.717) is 17.4 Å². The van der Waals surface area contributed by atoms with Gasteiger partial charge in [0.2, 0.25) is 0 Å². The fourth-order valence-corrected chi connectivity index (χ4v) is 1.32. The van der Waals surface area contributed by atoms with E-state index in [-0.39, 0.29) is 0 Å². The number of nitrogens with one attached hydrogen (secondary N) is 1.